The Hall–Kier alpha value is -2.45. The fourth-order valence-electron chi connectivity index (χ4n) is 3.06. The van der Waals surface area contributed by atoms with Gasteiger partial charge in [-0.1, -0.05) is 72.8 Å². The molecule has 0 fully saturated rings. The first-order valence-electron chi connectivity index (χ1n) is 8.22. The molecule has 0 bridgehead atoms. The van der Waals surface area contributed by atoms with Gasteiger partial charge in [-0.15, -0.1) is 0 Å². The monoisotopic (exact) mass is 320 g/mol. The Kier molecular flexibility index (Phi) is 5.07. The highest BCUT2D eigenvalue weighted by molar-refractivity contribution is 5.28. The zero-order chi connectivity index (χ0) is 16.8. The van der Waals surface area contributed by atoms with E-state index in [1.807, 2.05) is 54.6 Å². The Bertz CT molecular complexity index is 770. The van der Waals surface area contributed by atoms with Crippen LogP contribution in [0.15, 0.2) is 84.9 Å². The van der Waals surface area contributed by atoms with Gasteiger partial charge in [0.1, 0.15) is 5.82 Å². The predicted octanol–water partition coefficient (Wildman–Crippen LogP) is 4.89. The summed E-state index contributed by atoms with van der Waals surface area (Å²) in [7, 11) is 0. The van der Waals surface area contributed by atoms with E-state index < -0.39 is 5.60 Å². The Morgan fingerprint density at radius 1 is 0.750 bits per heavy atom. The third-order valence-corrected chi connectivity index (χ3v) is 4.37. The minimum absolute atomic E-state index is 0.272. The van der Waals surface area contributed by atoms with Crippen LogP contribution in [0.2, 0.25) is 0 Å². The summed E-state index contributed by atoms with van der Waals surface area (Å²) in [6, 6.07) is 26.2. The lowest BCUT2D eigenvalue weighted by Crippen LogP contribution is -2.29. The molecular weight excluding hydrogens is 299 g/mol. The number of hydrogen-bond donors (Lipinski definition) is 1. The molecule has 0 saturated carbocycles. The highest BCUT2D eigenvalue weighted by Crippen LogP contribution is 2.31. The molecule has 3 rings (SSSR count). The van der Waals surface area contributed by atoms with Crippen molar-refractivity contribution in [2.45, 2.75) is 24.9 Å². The van der Waals surface area contributed by atoms with E-state index in [-0.39, 0.29) is 5.82 Å². The smallest absolute Gasteiger partial charge is 0.123 e. The van der Waals surface area contributed by atoms with Gasteiger partial charge >= 0.3 is 0 Å². The third-order valence-electron chi connectivity index (χ3n) is 4.37. The van der Waals surface area contributed by atoms with Crippen LogP contribution in [-0.4, -0.2) is 5.11 Å². The Morgan fingerprint density at radius 2 is 1.38 bits per heavy atom. The average Bonchev–Trinajstić information content (AvgIpc) is 2.62. The highest BCUT2D eigenvalue weighted by atomic mass is 19.1. The van der Waals surface area contributed by atoms with Crippen molar-refractivity contribution in [1.29, 1.82) is 0 Å². The molecule has 0 heterocycles. The molecule has 0 radical (unpaired) electrons. The first kappa shape index (κ1) is 16.4. The van der Waals surface area contributed by atoms with Crippen LogP contribution in [0, 0.1) is 5.82 Å². The molecule has 0 aliphatic heterocycles. The summed E-state index contributed by atoms with van der Waals surface area (Å²) in [6.07, 6.45) is 1.74. The standard InChI is InChI=1S/C22H21FO/c23-21-13-7-10-19(16-21)17-22(24,20-11-5-2-6-12-20)15-14-18-8-3-1-4-9-18/h1-13,16,24H,14-15,17H2. The molecule has 0 saturated heterocycles. The van der Waals surface area contributed by atoms with Crippen molar-refractivity contribution in [3.8, 4) is 0 Å². The van der Waals surface area contributed by atoms with Crippen molar-refractivity contribution in [3.63, 3.8) is 0 Å². The van der Waals surface area contributed by atoms with Gasteiger partial charge in [0, 0.05) is 6.42 Å². The highest BCUT2D eigenvalue weighted by Gasteiger charge is 2.29. The summed E-state index contributed by atoms with van der Waals surface area (Å²) >= 11 is 0. The zero-order valence-corrected chi connectivity index (χ0v) is 13.5. The quantitative estimate of drug-likeness (QED) is 0.685. The van der Waals surface area contributed by atoms with Crippen LogP contribution in [0.3, 0.4) is 0 Å². The van der Waals surface area contributed by atoms with E-state index in [1.54, 1.807) is 6.07 Å². The molecular formula is C22H21FO. The summed E-state index contributed by atoms with van der Waals surface area (Å²) < 4.78 is 13.5. The molecule has 3 aromatic rings. The van der Waals surface area contributed by atoms with Gasteiger partial charge in [-0.25, -0.2) is 4.39 Å². The third kappa shape index (κ3) is 4.09. The van der Waals surface area contributed by atoms with Gasteiger partial charge in [-0.2, -0.15) is 0 Å². The lowest BCUT2D eigenvalue weighted by atomic mass is 9.82. The average molecular weight is 320 g/mol. The van der Waals surface area contributed by atoms with Crippen molar-refractivity contribution < 1.29 is 9.50 Å². The van der Waals surface area contributed by atoms with Crippen LogP contribution < -0.4 is 0 Å². The van der Waals surface area contributed by atoms with Crippen LogP contribution in [0.1, 0.15) is 23.1 Å². The van der Waals surface area contributed by atoms with Crippen molar-refractivity contribution in [3.05, 3.63) is 107 Å². The van der Waals surface area contributed by atoms with Crippen LogP contribution in [0.5, 0.6) is 0 Å². The van der Waals surface area contributed by atoms with Crippen molar-refractivity contribution in [1.82, 2.24) is 0 Å². The molecule has 0 amide bonds. The summed E-state index contributed by atoms with van der Waals surface area (Å²) in [4.78, 5) is 0. The van der Waals surface area contributed by atoms with Crippen LogP contribution >= 0.6 is 0 Å². The molecule has 24 heavy (non-hydrogen) atoms. The molecule has 0 aliphatic rings. The number of halogens is 1. The second-order valence-corrected chi connectivity index (χ2v) is 6.19. The van der Waals surface area contributed by atoms with Crippen LogP contribution in [-0.2, 0) is 18.4 Å². The number of benzene rings is 3. The van der Waals surface area contributed by atoms with Crippen molar-refractivity contribution in [2.24, 2.45) is 0 Å². The number of aryl methyl sites for hydroxylation is 1. The Labute approximate surface area is 142 Å². The lowest BCUT2D eigenvalue weighted by molar-refractivity contribution is 0.0279. The largest absolute Gasteiger partial charge is 0.385 e. The SMILES string of the molecule is OC(CCc1ccccc1)(Cc1cccc(F)c1)c1ccccc1. The summed E-state index contributed by atoms with van der Waals surface area (Å²) in [5.74, 6) is -0.272. The van der Waals surface area contributed by atoms with Gasteiger partial charge in [0.2, 0.25) is 0 Å². The van der Waals surface area contributed by atoms with E-state index in [0.29, 0.717) is 12.8 Å². The van der Waals surface area contributed by atoms with Crippen LogP contribution in [0.4, 0.5) is 4.39 Å². The molecule has 122 valence electrons. The molecule has 0 aromatic heterocycles. The zero-order valence-electron chi connectivity index (χ0n) is 13.5. The van der Waals surface area contributed by atoms with E-state index in [4.69, 9.17) is 0 Å². The Balaban J connectivity index is 1.86. The molecule has 1 nitrogen and oxygen atoms in total. The van der Waals surface area contributed by atoms with Gasteiger partial charge in [-0.05, 0) is 41.7 Å². The van der Waals surface area contributed by atoms with E-state index in [2.05, 4.69) is 12.1 Å². The molecule has 0 spiro atoms. The number of rotatable bonds is 6. The maximum absolute atomic E-state index is 13.5. The lowest BCUT2D eigenvalue weighted by Gasteiger charge is -2.29. The predicted molar refractivity (Wildman–Crippen MR) is 95.2 cm³/mol. The fraction of sp³-hybridized carbons (Fsp3) is 0.182. The molecule has 1 unspecified atom stereocenters. The van der Waals surface area contributed by atoms with E-state index >= 15 is 0 Å². The topological polar surface area (TPSA) is 20.2 Å². The fourth-order valence-corrected chi connectivity index (χ4v) is 3.06. The van der Waals surface area contributed by atoms with E-state index in [0.717, 1.165) is 17.5 Å². The van der Waals surface area contributed by atoms with Crippen LogP contribution in [0.25, 0.3) is 0 Å². The minimum Gasteiger partial charge on any atom is -0.385 e. The molecule has 2 heteroatoms. The van der Waals surface area contributed by atoms with Gasteiger partial charge in [-0.3, -0.25) is 0 Å². The maximum Gasteiger partial charge on any atom is 0.123 e. The molecule has 3 aromatic carbocycles. The minimum atomic E-state index is -1.02. The second-order valence-electron chi connectivity index (χ2n) is 6.19. The Morgan fingerprint density at radius 3 is 2.04 bits per heavy atom. The number of aliphatic hydroxyl groups is 1. The molecule has 1 N–H and O–H groups in total. The van der Waals surface area contributed by atoms with Gasteiger partial charge < -0.3 is 5.11 Å². The van der Waals surface area contributed by atoms with Gasteiger partial charge in [0.05, 0.1) is 5.60 Å². The first-order chi connectivity index (χ1) is 11.7. The summed E-state index contributed by atoms with van der Waals surface area (Å²) in [5.41, 5.74) is 1.83. The van der Waals surface area contributed by atoms with Gasteiger partial charge in [0.25, 0.3) is 0 Å². The molecule has 0 aliphatic carbocycles. The number of hydrogen-bond acceptors (Lipinski definition) is 1. The van der Waals surface area contributed by atoms with Crippen molar-refractivity contribution >= 4 is 0 Å². The first-order valence-corrected chi connectivity index (χ1v) is 8.22. The summed E-state index contributed by atoms with van der Waals surface area (Å²) in [6.45, 7) is 0. The second kappa shape index (κ2) is 7.41. The van der Waals surface area contributed by atoms with E-state index in [1.165, 1.54) is 17.7 Å². The summed E-state index contributed by atoms with van der Waals surface area (Å²) in [5, 5.41) is 11.4. The normalized spacial score (nSPS) is 13.4. The maximum atomic E-state index is 13.5. The molecule has 1 atom stereocenters. The van der Waals surface area contributed by atoms with Gasteiger partial charge in [0.15, 0.2) is 0 Å². The van der Waals surface area contributed by atoms with E-state index in [9.17, 15) is 9.50 Å². The van der Waals surface area contributed by atoms with Crippen molar-refractivity contribution in [2.75, 3.05) is 0 Å².